The Balaban J connectivity index is 1.44. The van der Waals surface area contributed by atoms with Crippen molar-refractivity contribution < 1.29 is 4.79 Å². The highest BCUT2D eigenvalue weighted by Crippen LogP contribution is 2.42. The summed E-state index contributed by atoms with van der Waals surface area (Å²) in [7, 11) is 0. The maximum absolute atomic E-state index is 12.3. The molecule has 2 aliphatic heterocycles. The van der Waals surface area contributed by atoms with E-state index < -0.39 is 0 Å². The monoisotopic (exact) mass is 370 g/mol. The number of imidazole rings is 2. The quantitative estimate of drug-likeness (QED) is 0.847. The van der Waals surface area contributed by atoms with E-state index in [0.29, 0.717) is 0 Å². The molecule has 4 rings (SSSR count). The molecule has 1 amide bonds. The van der Waals surface area contributed by atoms with Crippen LogP contribution >= 0.6 is 0 Å². The number of rotatable bonds is 5. The minimum Gasteiger partial charge on any atom is -0.348 e. The van der Waals surface area contributed by atoms with Gasteiger partial charge in [-0.05, 0) is 19.3 Å². The number of carbonyl (C=O) groups is 1. The summed E-state index contributed by atoms with van der Waals surface area (Å²) < 4.78 is 0. The van der Waals surface area contributed by atoms with Gasteiger partial charge in [0.05, 0.1) is 17.6 Å². The molecule has 0 unspecified atom stereocenters. The average Bonchev–Trinajstić information content (AvgIpc) is 3.32. The number of nitrogens with zero attached hydrogens (tertiary/aromatic N) is 4. The van der Waals surface area contributed by atoms with E-state index in [9.17, 15) is 4.79 Å². The molecule has 4 heterocycles. The molecule has 1 spiro atoms. The number of likely N-dealkylation sites (tertiary alicyclic amines) is 1. The van der Waals surface area contributed by atoms with Crippen molar-refractivity contribution in [2.45, 2.75) is 64.5 Å². The highest BCUT2D eigenvalue weighted by atomic mass is 16.2. The molecule has 0 atom stereocenters. The second kappa shape index (κ2) is 7.46. The predicted molar refractivity (Wildman–Crippen MR) is 103 cm³/mol. The fraction of sp³-hybridized carbons (Fsp3) is 0.650. The van der Waals surface area contributed by atoms with Gasteiger partial charge in [-0.1, -0.05) is 13.3 Å². The van der Waals surface area contributed by atoms with Crippen LogP contribution in [0.25, 0.3) is 0 Å². The van der Waals surface area contributed by atoms with Crippen molar-refractivity contribution in [2.24, 2.45) is 0 Å². The summed E-state index contributed by atoms with van der Waals surface area (Å²) in [6, 6.07) is 0. The molecule has 1 fully saturated rings. The summed E-state index contributed by atoms with van der Waals surface area (Å²) in [5, 5.41) is 0. The van der Waals surface area contributed by atoms with Crippen molar-refractivity contribution >= 4 is 5.91 Å². The van der Waals surface area contributed by atoms with Crippen LogP contribution in [0.5, 0.6) is 0 Å². The zero-order chi connectivity index (χ0) is 18.9. The molecular formula is C20H30N6O. The second-order valence-corrected chi connectivity index (χ2v) is 7.92. The van der Waals surface area contributed by atoms with E-state index in [1.165, 1.54) is 24.2 Å². The number of aromatic nitrogens is 4. The fourth-order valence-electron chi connectivity index (χ4n) is 4.72. The van der Waals surface area contributed by atoms with Crippen molar-refractivity contribution in [3.63, 3.8) is 0 Å². The Morgan fingerprint density at radius 2 is 2.07 bits per heavy atom. The standard InChI is InChI=1S/C20H30N6O/c1-3-4-5-18-21-12-16(24-18)13-25-10-7-20(8-11-25)19-17(22-14-23-19)6-9-26(20)15(2)27/h12,14H,3-11,13H2,1-2H3,(H,21,24)(H,22,23). The lowest BCUT2D eigenvalue weighted by atomic mass is 9.78. The van der Waals surface area contributed by atoms with E-state index in [2.05, 4.69) is 36.7 Å². The van der Waals surface area contributed by atoms with E-state index in [1.807, 2.05) is 6.20 Å². The summed E-state index contributed by atoms with van der Waals surface area (Å²) in [6.07, 6.45) is 9.87. The Bertz CT molecular complexity index is 786. The van der Waals surface area contributed by atoms with E-state index >= 15 is 0 Å². The minimum absolute atomic E-state index is 0.159. The van der Waals surface area contributed by atoms with Gasteiger partial charge in [0, 0.05) is 63.5 Å². The van der Waals surface area contributed by atoms with E-state index in [1.54, 1.807) is 13.3 Å². The number of aromatic amines is 2. The first kappa shape index (κ1) is 18.2. The number of hydrogen-bond acceptors (Lipinski definition) is 4. The van der Waals surface area contributed by atoms with Crippen LogP contribution in [0.3, 0.4) is 0 Å². The van der Waals surface area contributed by atoms with Gasteiger partial charge >= 0.3 is 0 Å². The van der Waals surface area contributed by atoms with E-state index in [0.717, 1.165) is 63.4 Å². The van der Waals surface area contributed by atoms with Crippen molar-refractivity contribution in [3.8, 4) is 0 Å². The molecular weight excluding hydrogens is 340 g/mol. The number of fused-ring (bicyclic) bond motifs is 2. The number of H-pyrrole nitrogens is 2. The van der Waals surface area contributed by atoms with Crippen LogP contribution in [-0.2, 0) is 29.7 Å². The van der Waals surface area contributed by atoms with Crippen LogP contribution < -0.4 is 0 Å². The summed E-state index contributed by atoms with van der Waals surface area (Å²) in [6.45, 7) is 7.48. The topological polar surface area (TPSA) is 80.9 Å². The third kappa shape index (κ3) is 3.40. The Hall–Kier alpha value is -2.15. The van der Waals surface area contributed by atoms with Crippen LogP contribution in [0.1, 0.15) is 62.4 Å². The maximum atomic E-state index is 12.3. The van der Waals surface area contributed by atoms with Crippen molar-refractivity contribution in [3.05, 3.63) is 35.4 Å². The van der Waals surface area contributed by atoms with Gasteiger partial charge in [-0.25, -0.2) is 9.97 Å². The van der Waals surface area contributed by atoms with Crippen molar-refractivity contribution in [1.82, 2.24) is 29.7 Å². The molecule has 0 aromatic carbocycles. The van der Waals surface area contributed by atoms with Gasteiger partial charge in [-0.3, -0.25) is 9.69 Å². The molecule has 0 bridgehead atoms. The van der Waals surface area contributed by atoms with Gasteiger partial charge < -0.3 is 14.9 Å². The molecule has 146 valence electrons. The molecule has 2 aliphatic rings. The third-order valence-corrected chi connectivity index (χ3v) is 6.17. The maximum Gasteiger partial charge on any atom is 0.220 e. The first-order chi connectivity index (χ1) is 13.1. The number of carbonyl (C=O) groups excluding carboxylic acids is 1. The number of amides is 1. The van der Waals surface area contributed by atoms with Crippen molar-refractivity contribution in [1.29, 1.82) is 0 Å². The van der Waals surface area contributed by atoms with Gasteiger partial charge in [0.25, 0.3) is 0 Å². The number of hydrogen-bond donors (Lipinski definition) is 2. The smallest absolute Gasteiger partial charge is 0.220 e. The van der Waals surface area contributed by atoms with E-state index in [4.69, 9.17) is 0 Å². The zero-order valence-electron chi connectivity index (χ0n) is 16.4. The van der Waals surface area contributed by atoms with Crippen LogP contribution in [0.15, 0.2) is 12.5 Å². The molecule has 0 saturated carbocycles. The molecule has 0 radical (unpaired) electrons. The van der Waals surface area contributed by atoms with Gasteiger partial charge in [0.2, 0.25) is 5.91 Å². The van der Waals surface area contributed by atoms with Crippen LogP contribution in [0, 0.1) is 0 Å². The zero-order valence-corrected chi connectivity index (χ0v) is 16.4. The Labute approximate surface area is 160 Å². The highest BCUT2D eigenvalue weighted by molar-refractivity contribution is 5.75. The van der Waals surface area contributed by atoms with Crippen LogP contribution in [0.2, 0.25) is 0 Å². The van der Waals surface area contributed by atoms with Gasteiger partial charge in [-0.2, -0.15) is 0 Å². The number of piperidine rings is 1. The van der Waals surface area contributed by atoms with Crippen LogP contribution in [0.4, 0.5) is 0 Å². The summed E-state index contributed by atoms with van der Waals surface area (Å²) in [5.41, 5.74) is 3.24. The summed E-state index contributed by atoms with van der Waals surface area (Å²) >= 11 is 0. The van der Waals surface area contributed by atoms with Crippen LogP contribution in [-0.4, -0.2) is 55.3 Å². The highest BCUT2D eigenvalue weighted by Gasteiger charge is 2.47. The largest absolute Gasteiger partial charge is 0.348 e. The Morgan fingerprint density at radius 3 is 2.81 bits per heavy atom. The first-order valence-electron chi connectivity index (χ1n) is 10.2. The lowest BCUT2D eigenvalue weighted by Crippen LogP contribution is -2.57. The summed E-state index contributed by atoms with van der Waals surface area (Å²) in [5.74, 6) is 1.25. The molecule has 1 saturated heterocycles. The van der Waals surface area contributed by atoms with Crippen molar-refractivity contribution in [2.75, 3.05) is 19.6 Å². The number of aryl methyl sites for hydroxylation is 1. The lowest BCUT2D eigenvalue weighted by molar-refractivity contribution is -0.139. The molecule has 0 aliphatic carbocycles. The molecule has 2 aromatic rings. The molecule has 2 aromatic heterocycles. The first-order valence-corrected chi connectivity index (χ1v) is 10.2. The number of nitrogens with one attached hydrogen (secondary N) is 2. The van der Waals surface area contributed by atoms with Gasteiger partial charge in [0.1, 0.15) is 5.82 Å². The third-order valence-electron chi connectivity index (χ3n) is 6.17. The molecule has 7 nitrogen and oxygen atoms in total. The Kier molecular flexibility index (Phi) is 5.04. The summed E-state index contributed by atoms with van der Waals surface area (Å²) in [4.78, 5) is 32.7. The molecule has 2 N–H and O–H groups in total. The van der Waals surface area contributed by atoms with Gasteiger partial charge in [-0.15, -0.1) is 0 Å². The Morgan fingerprint density at radius 1 is 1.26 bits per heavy atom. The average molecular weight is 371 g/mol. The SMILES string of the molecule is CCCCc1ncc(CN2CCC3(CC2)c2nc[nH]c2CCN3C(C)=O)[nH]1. The lowest BCUT2D eigenvalue weighted by Gasteiger charge is -2.50. The van der Waals surface area contributed by atoms with Gasteiger partial charge in [0.15, 0.2) is 0 Å². The normalized spacial score (nSPS) is 19.4. The molecule has 7 heteroatoms. The number of unbranched alkanes of at least 4 members (excludes halogenated alkanes) is 1. The second-order valence-electron chi connectivity index (χ2n) is 7.92. The van der Waals surface area contributed by atoms with E-state index in [-0.39, 0.29) is 11.4 Å². The molecule has 27 heavy (non-hydrogen) atoms. The minimum atomic E-state index is -0.240. The predicted octanol–water partition coefficient (Wildman–Crippen LogP) is 2.37. The fourth-order valence-corrected chi connectivity index (χ4v) is 4.72.